The molecule has 11 heteroatoms. The summed E-state index contributed by atoms with van der Waals surface area (Å²) in [5.41, 5.74) is 7.38. The zero-order valence-electron chi connectivity index (χ0n) is 23.9. The summed E-state index contributed by atoms with van der Waals surface area (Å²) in [6.45, 7) is 9.10. The van der Waals surface area contributed by atoms with E-state index in [-0.39, 0.29) is 23.6 Å². The van der Waals surface area contributed by atoms with Crippen molar-refractivity contribution in [2.45, 2.75) is 78.0 Å². The molecule has 1 aromatic heterocycles. The highest BCUT2D eigenvalue weighted by molar-refractivity contribution is 5.94. The van der Waals surface area contributed by atoms with Crippen LogP contribution in [-0.4, -0.2) is 33.7 Å². The minimum atomic E-state index is -1.07. The van der Waals surface area contributed by atoms with Gasteiger partial charge < -0.3 is 20.9 Å². The molecule has 1 aliphatic carbocycles. The monoisotopic (exact) mass is 574 g/mol. The zero-order chi connectivity index (χ0) is 29.9. The molecule has 7 nitrogen and oxygen atoms in total. The second kappa shape index (κ2) is 12.3. The maximum absolute atomic E-state index is 14.5. The predicted molar refractivity (Wildman–Crippen MR) is 150 cm³/mol. The highest BCUT2D eigenvalue weighted by Gasteiger charge is 2.36. The second-order valence-corrected chi connectivity index (χ2v) is 12.1. The minimum absolute atomic E-state index is 0.00344. The average Bonchev–Trinajstić information content (AvgIpc) is 3.33. The lowest BCUT2D eigenvalue weighted by Gasteiger charge is -2.38. The molecule has 4 rings (SSSR count). The molecule has 0 aliphatic heterocycles. The van der Waals surface area contributed by atoms with E-state index in [1.54, 1.807) is 0 Å². The molecular formula is C30H38F4N6O. The third kappa shape index (κ3) is 7.72. The van der Waals surface area contributed by atoms with Gasteiger partial charge in [0.2, 0.25) is 5.91 Å². The summed E-state index contributed by atoms with van der Waals surface area (Å²) >= 11 is 0. The number of nitrogens with one attached hydrogen (secondary N) is 3. The van der Waals surface area contributed by atoms with Crippen molar-refractivity contribution in [1.82, 2.24) is 20.2 Å². The predicted octanol–water partition coefficient (Wildman–Crippen LogP) is 5.11. The molecule has 222 valence electrons. The van der Waals surface area contributed by atoms with Crippen LogP contribution >= 0.6 is 0 Å². The maximum atomic E-state index is 14.5. The lowest BCUT2D eigenvalue weighted by atomic mass is 9.83. The number of carbonyl (C=O) groups is 1. The molecule has 2 aromatic carbocycles. The van der Waals surface area contributed by atoms with Crippen LogP contribution in [0.25, 0.3) is 5.69 Å². The van der Waals surface area contributed by atoms with Crippen LogP contribution in [0, 0.1) is 28.7 Å². The fraction of sp³-hybridized carbons (Fsp3) is 0.467. The molecule has 1 amide bonds. The van der Waals surface area contributed by atoms with Crippen LogP contribution in [0.4, 0.5) is 23.4 Å². The highest BCUT2D eigenvalue weighted by atomic mass is 19.2. The Labute approximate surface area is 237 Å². The SMILES string of the molecule is CCCC(N[C@@]1(N)CCc2cc(F)cc(F)c2C1)C(=O)Nc1cn(-c2cc(F)c(F)cc2CNCC(C)(C)C)cn1. The molecule has 0 fully saturated rings. The number of hydrogen-bond acceptors (Lipinski definition) is 5. The molecular weight excluding hydrogens is 536 g/mol. The Morgan fingerprint density at radius 3 is 2.56 bits per heavy atom. The van der Waals surface area contributed by atoms with Gasteiger partial charge in [-0.1, -0.05) is 34.1 Å². The van der Waals surface area contributed by atoms with Gasteiger partial charge in [-0.15, -0.1) is 0 Å². The Balaban J connectivity index is 1.48. The molecule has 0 saturated heterocycles. The lowest BCUT2D eigenvalue weighted by Crippen LogP contribution is -2.62. The van der Waals surface area contributed by atoms with E-state index in [0.717, 1.165) is 18.2 Å². The Morgan fingerprint density at radius 1 is 1.12 bits per heavy atom. The second-order valence-electron chi connectivity index (χ2n) is 12.1. The summed E-state index contributed by atoms with van der Waals surface area (Å²) in [4.78, 5) is 17.6. The molecule has 1 heterocycles. The van der Waals surface area contributed by atoms with Crippen LogP contribution in [0.1, 0.15) is 63.6 Å². The van der Waals surface area contributed by atoms with Gasteiger partial charge in [-0.2, -0.15) is 0 Å². The van der Waals surface area contributed by atoms with Gasteiger partial charge in [0.15, 0.2) is 17.5 Å². The van der Waals surface area contributed by atoms with Crippen LogP contribution in [0.5, 0.6) is 0 Å². The fourth-order valence-electron chi connectivity index (χ4n) is 5.13. The van der Waals surface area contributed by atoms with Gasteiger partial charge in [-0.05, 0) is 53.5 Å². The lowest BCUT2D eigenvalue weighted by molar-refractivity contribution is -0.119. The van der Waals surface area contributed by atoms with Crippen molar-refractivity contribution < 1.29 is 22.4 Å². The zero-order valence-corrected chi connectivity index (χ0v) is 23.9. The Bertz CT molecular complexity index is 1400. The molecule has 41 heavy (non-hydrogen) atoms. The van der Waals surface area contributed by atoms with E-state index >= 15 is 0 Å². The molecule has 0 spiro atoms. The van der Waals surface area contributed by atoms with Crippen molar-refractivity contribution >= 4 is 11.7 Å². The third-order valence-electron chi connectivity index (χ3n) is 7.15. The quantitative estimate of drug-likeness (QED) is 0.200. The van der Waals surface area contributed by atoms with Crippen molar-refractivity contribution in [2.24, 2.45) is 11.1 Å². The van der Waals surface area contributed by atoms with Crippen LogP contribution in [0.15, 0.2) is 36.8 Å². The first-order chi connectivity index (χ1) is 19.3. The maximum Gasteiger partial charge on any atom is 0.242 e. The van der Waals surface area contributed by atoms with Crippen molar-refractivity contribution in [1.29, 1.82) is 0 Å². The van der Waals surface area contributed by atoms with Gasteiger partial charge >= 0.3 is 0 Å². The van der Waals surface area contributed by atoms with E-state index in [1.807, 2.05) is 6.92 Å². The van der Waals surface area contributed by atoms with Gasteiger partial charge in [0.1, 0.15) is 18.0 Å². The average molecular weight is 575 g/mol. The Hall–Kier alpha value is -3.28. The number of carbonyl (C=O) groups excluding carboxylic acids is 1. The van der Waals surface area contributed by atoms with Crippen LogP contribution in [0.2, 0.25) is 0 Å². The largest absolute Gasteiger partial charge is 0.313 e. The van der Waals surface area contributed by atoms with E-state index in [0.29, 0.717) is 61.2 Å². The molecule has 5 N–H and O–H groups in total. The number of hydrogen-bond donors (Lipinski definition) is 4. The number of nitrogens with zero attached hydrogens (tertiary/aromatic N) is 2. The smallest absolute Gasteiger partial charge is 0.242 e. The van der Waals surface area contributed by atoms with Crippen molar-refractivity contribution in [3.8, 4) is 5.69 Å². The standard InChI is InChI=1S/C30H38F4N6O/c1-5-6-25(39-30(35)8-7-18-9-20(31)11-22(32)21(18)13-30)28(41)38-27-15-40(17-37-27)26-12-24(34)23(33)10-19(26)14-36-16-29(2,3)4/h9-12,15,17,25,36,39H,5-8,13-14,16,35H2,1-4H3,(H,38,41)/t25?,30-/m0/s1. The molecule has 3 aromatic rings. The topological polar surface area (TPSA) is 97.0 Å². The number of aromatic nitrogens is 2. The summed E-state index contributed by atoms with van der Waals surface area (Å²) in [5, 5.41) is 9.24. The number of imidazole rings is 1. The first-order valence-corrected chi connectivity index (χ1v) is 13.8. The molecule has 1 unspecified atom stereocenters. The Morgan fingerprint density at radius 2 is 1.85 bits per heavy atom. The number of aryl methyl sites for hydroxylation is 1. The molecule has 2 atom stereocenters. The summed E-state index contributed by atoms with van der Waals surface area (Å²) in [5.74, 6) is -3.38. The van der Waals surface area contributed by atoms with Gasteiger partial charge in [-0.3, -0.25) is 10.1 Å². The molecule has 0 saturated carbocycles. The number of halogens is 4. The van der Waals surface area contributed by atoms with Crippen molar-refractivity contribution in [3.05, 3.63) is 76.7 Å². The van der Waals surface area contributed by atoms with Crippen LogP contribution < -0.4 is 21.7 Å². The first-order valence-electron chi connectivity index (χ1n) is 13.8. The van der Waals surface area contributed by atoms with E-state index in [9.17, 15) is 22.4 Å². The van der Waals surface area contributed by atoms with Crippen LogP contribution in [0.3, 0.4) is 0 Å². The number of anilines is 1. The number of benzene rings is 2. The van der Waals surface area contributed by atoms with E-state index in [2.05, 4.69) is 41.7 Å². The minimum Gasteiger partial charge on any atom is -0.313 e. The Kier molecular flexibility index (Phi) is 9.20. The summed E-state index contributed by atoms with van der Waals surface area (Å²) in [6, 6.07) is 3.71. The highest BCUT2D eigenvalue weighted by Crippen LogP contribution is 2.29. The molecule has 1 aliphatic rings. The summed E-state index contributed by atoms with van der Waals surface area (Å²) in [6.07, 6.45) is 4.95. The van der Waals surface area contributed by atoms with E-state index < -0.39 is 35.0 Å². The number of fused-ring (bicyclic) bond motifs is 1. The third-order valence-corrected chi connectivity index (χ3v) is 7.15. The first kappa shape index (κ1) is 30.7. The molecule has 0 bridgehead atoms. The van der Waals surface area contributed by atoms with Gasteiger partial charge in [0, 0.05) is 31.6 Å². The van der Waals surface area contributed by atoms with Gasteiger partial charge in [0.05, 0.1) is 23.6 Å². The van der Waals surface area contributed by atoms with Crippen molar-refractivity contribution in [2.75, 3.05) is 11.9 Å². The van der Waals surface area contributed by atoms with Crippen LogP contribution in [-0.2, 0) is 24.2 Å². The number of rotatable bonds is 10. The summed E-state index contributed by atoms with van der Waals surface area (Å²) < 4.78 is 57.9. The summed E-state index contributed by atoms with van der Waals surface area (Å²) in [7, 11) is 0. The van der Waals surface area contributed by atoms with E-state index in [4.69, 9.17) is 5.73 Å². The normalized spacial score (nSPS) is 17.8. The van der Waals surface area contributed by atoms with E-state index in [1.165, 1.54) is 23.2 Å². The van der Waals surface area contributed by atoms with Gasteiger partial charge in [-0.25, -0.2) is 22.5 Å². The number of amides is 1. The number of nitrogens with two attached hydrogens (primary N) is 1. The van der Waals surface area contributed by atoms with Crippen molar-refractivity contribution in [3.63, 3.8) is 0 Å². The molecule has 0 radical (unpaired) electrons. The van der Waals surface area contributed by atoms with Gasteiger partial charge in [0.25, 0.3) is 0 Å². The fourth-order valence-corrected chi connectivity index (χ4v) is 5.13.